The van der Waals surface area contributed by atoms with E-state index in [-0.39, 0.29) is 25.2 Å². The first kappa shape index (κ1) is 23.5. The lowest BCUT2D eigenvalue weighted by atomic mass is 10.0. The van der Waals surface area contributed by atoms with Crippen LogP contribution in [0.2, 0.25) is 0 Å². The zero-order valence-electron chi connectivity index (χ0n) is 17.3. The Balaban J connectivity index is 1.52. The quantitative estimate of drug-likeness (QED) is 0.537. The van der Waals surface area contributed by atoms with Crippen molar-refractivity contribution in [2.24, 2.45) is 0 Å². The van der Waals surface area contributed by atoms with Crippen LogP contribution in [0.3, 0.4) is 0 Å². The second-order valence-corrected chi connectivity index (χ2v) is 7.72. The van der Waals surface area contributed by atoms with E-state index in [0.717, 1.165) is 17.5 Å². The monoisotopic (exact) mass is 485 g/mol. The zero-order chi connectivity index (χ0) is 24.7. The zero-order valence-corrected chi connectivity index (χ0v) is 17.3. The molecule has 0 saturated heterocycles. The van der Waals surface area contributed by atoms with Gasteiger partial charge >= 0.3 is 18.0 Å². The molecule has 34 heavy (non-hydrogen) atoms. The van der Waals surface area contributed by atoms with Gasteiger partial charge in [0.2, 0.25) is 0 Å². The number of nitrogens with zero attached hydrogens (tertiary/aromatic N) is 4. The molecule has 0 spiro atoms. The number of alkyl halides is 6. The molecular formula is C21H17F6N5O2. The maximum absolute atomic E-state index is 13.0. The first-order chi connectivity index (χ1) is 15.9. The number of benzene rings is 1. The fourth-order valence-corrected chi connectivity index (χ4v) is 3.38. The average molecular weight is 485 g/mol. The van der Waals surface area contributed by atoms with E-state index in [2.05, 4.69) is 15.4 Å². The van der Waals surface area contributed by atoms with Gasteiger partial charge in [-0.1, -0.05) is 0 Å². The maximum Gasteiger partial charge on any atom is 0.416 e. The third kappa shape index (κ3) is 4.97. The number of aromatic nitrogens is 4. The van der Waals surface area contributed by atoms with Crippen molar-refractivity contribution < 1.29 is 31.1 Å². The number of hydrogen-bond acceptors (Lipinski definition) is 4. The Morgan fingerprint density at radius 3 is 2.24 bits per heavy atom. The molecule has 0 unspecified atom stereocenters. The number of nitrogens with one attached hydrogen (secondary N) is 1. The Bertz CT molecular complexity index is 1230. The Hall–Kier alpha value is -3.64. The SMILES string of the molecule is O=C(NCCn1nc(-c2cccnc2)n(C2CC2)c1=O)c1cc(C(F)(F)F)cc(C(F)(F)F)c1. The van der Waals surface area contributed by atoms with Crippen LogP contribution in [0.1, 0.15) is 40.4 Å². The molecule has 1 saturated carbocycles. The first-order valence-electron chi connectivity index (χ1n) is 10.1. The molecule has 0 radical (unpaired) electrons. The van der Waals surface area contributed by atoms with E-state index in [1.807, 2.05) is 0 Å². The molecule has 1 amide bonds. The van der Waals surface area contributed by atoms with Crippen LogP contribution >= 0.6 is 0 Å². The Kier molecular flexibility index (Phi) is 5.96. The molecule has 180 valence electrons. The summed E-state index contributed by atoms with van der Waals surface area (Å²) in [6.07, 6.45) is -5.44. The predicted octanol–water partition coefficient (Wildman–Crippen LogP) is 3.91. The molecule has 1 aliphatic rings. The molecular weight excluding hydrogens is 468 g/mol. The van der Waals surface area contributed by atoms with Gasteiger partial charge in [-0.25, -0.2) is 9.48 Å². The minimum absolute atomic E-state index is 0.0167. The summed E-state index contributed by atoms with van der Waals surface area (Å²) in [6.45, 7) is -0.382. The first-order valence-corrected chi connectivity index (χ1v) is 10.1. The molecule has 4 rings (SSSR count). The summed E-state index contributed by atoms with van der Waals surface area (Å²) in [7, 11) is 0. The van der Waals surface area contributed by atoms with Crippen molar-refractivity contribution in [2.75, 3.05) is 6.54 Å². The highest BCUT2D eigenvalue weighted by atomic mass is 19.4. The highest BCUT2D eigenvalue weighted by Gasteiger charge is 2.37. The Morgan fingerprint density at radius 2 is 1.71 bits per heavy atom. The standard InChI is InChI=1S/C21H17F6N5O2/c22-20(23,24)14-8-13(9-15(10-14)21(25,26)27)18(33)29-6-7-31-19(34)32(16-3-4-16)17(30-31)12-2-1-5-28-11-12/h1-2,5,8-11,16H,3-4,6-7H2,(H,29,33). The van der Waals surface area contributed by atoms with E-state index < -0.39 is 40.6 Å². The number of amides is 1. The number of hydrogen-bond donors (Lipinski definition) is 1. The van der Waals surface area contributed by atoms with Crippen LogP contribution in [0.4, 0.5) is 26.3 Å². The van der Waals surface area contributed by atoms with Crippen molar-refractivity contribution in [1.29, 1.82) is 0 Å². The fourth-order valence-electron chi connectivity index (χ4n) is 3.38. The van der Waals surface area contributed by atoms with Gasteiger partial charge in [0.1, 0.15) is 0 Å². The summed E-state index contributed by atoms with van der Waals surface area (Å²) in [4.78, 5) is 29.1. The highest BCUT2D eigenvalue weighted by Crippen LogP contribution is 2.37. The minimum atomic E-state index is -5.07. The van der Waals surface area contributed by atoms with Crippen molar-refractivity contribution in [2.45, 2.75) is 37.8 Å². The average Bonchev–Trinajstić information content (AvgIpc) is 3.56. The van der Waals surface area contributed by atoms with Gasteiger partial charge in [0.15, 0.2) is 5.82 Å². The number of carbonyl (C=O) groups is 1. The van der Waals surface area contributed by atoms with Crippen molar-refractivity contribution in [3.8, 4) is 11.4 Å². The van der Waals surface area contributed by atoms with Crippen molar-refractivity contribution in [1.82, 2.24) is 24.6 Å². The third-order valence-electron chi connectivity index (χ3n) is 5.16. The molecule has 0 atom stereocenters. The van der Waals surface area contributed by atoms with E-state index >= 15 is 0 Å². The van der Waals surface area contributed by atoms with Crippen molar-refractivity contribution >= 4 is 5.91 Å². The van der Waals surface area contributed by atoms with Gasteiger partial charge in [0.25, 0.3) is 5.91 Å². The van der Waals surface area contributed by atoms with Gasteiger partial charge in [0, 0.05) is 36.1 Å². The Morgan fingerprint density at radius 1 is 1.06 bits per heavy atom. The molecule has 2 heterocycles. The lowest BCUT2D eigenvalue weighted by Crippen LogP contribution is -2.32. The third-order valence-corrected chi connectivity index (χ3v) is 5.16. The van der Waals surface area contributed by atoms with Crippen LogP contribution in [0.25, 0.3) is 11.4 Å². The van der Waals surface area contributed by atoms with Gasteiger partial charge in [0.05, 0.1) is 17.7 Å². The summed E-state index contributed by atoms with van der Waals surface area (Å²) >= 11 is 0. The number of rotatable bonds is 6. The molecule has 7 nitrogen and oxygen atoms in total. The van der Waals surface area contributed by atoms with Crippen LogP contribution in [-0.4, -0.2) is 31.8 Å². The van der Waals surface area contributed by atoms with E-state index in [0.29, 0.717) is 23.5 Å². The minimum Gasteiger partial charge on any atom is -0.350 e. The molecule has 1 fully saturated rings. The molecule has 2 aromatic heterocycles. The van der Waals surface area contributed by atoms with Crippen LogP contribution in [0.5, 0.6) is 0 Å². The van der Waals surface area contributed by atoms with E-state index in [4.69, 9.17) is 0 Å². The van der Waals surface area contributed by atoms with Crippen molar-refractivity contribution in [3.05, 3.63) is 69.9 Å². The molecule has 3 aromatic rings. The van der Waals surface area contributed by atoms with E-state index in [9.17, 15) is 35.9 Å². The van der Waals surface area contributed by atoms with Crippen LogP contribution < -0.4 is 11.0 Å². The van der Waals surface area contributed by atoms with Crippen molar-refractivity contribution in [3.63, 3.8) is 0 Å². The molecule has 0 bridgehead atoms. The Labute approximate surface area is 188 Å². The lowest BCUT2D eigenvalue weighted by molar-refractivity contribution is -0.143. The summed E-state index contributed by atoms with van der Waals surface area (Å²) in [5.41, 5.74) is -3.80. The van der Waals surface area contributed by atoms with E-state index in [1.54, 1.807) is 24.5 Å². The van der Waals surface area contributed by atoms with Crippen LogP contribution in [0, 0.1) is 0 Å². The maximum atomic E-state index is 13.0. The normalized spacial score (nSPS) is 14.3. The largest absolute Gasteiger partial charge is 0.416 e. The number of halogens is 6. The van der Waals surface area contributed by atoms with Crippen LogP contribution in [0.15, 0.2) is 47.5 Å². The van der Waals surface area contributed by atoms with E-state index in [1.165, 1.54) is 4.57 Å². The summed E-state index contributed by atoms with van der Waals surface area (Å²) in [6, 6.07) is 4.03. The second kappa shape index (κ2) is 8.61. The topological polar surface area (TPSA) is 81.8 Å². The molecule has 0 aliphatic heterocycles. The fraction of sp³-hybridized carbons (Fsp3) is 0.333. The molecule has 1 aromatic carbocycles. The highest BCUT2D eigenvalue weighted by molar-refractivity contribution is 5.94. The lowest BCUT2D eigenvalue weighted by Gasteiger charge is -2.14. The predicted molar refractivity (Wildman–Crippen MR) is 107 cm³/mol. The van der Waals surface area contributed by atoms with Gasteiger partial charge in [-0.2, -0.15) is 26.3 Å². The van der Waals surface area contributed by atoms with Gasteiger partial charge in [-0.05, 0) is 43.2 Å². The summed E-state index contributed by atoms with van der Waals surface area (Å²) in [5, 5.41) is 6.53. The molecule has 13 heteroatoms. The van der Waals surface area contributed by atoms with Gasteiger partial charge in [-0.3, -0.25) is 14.3 Å². The second-order valence-electron chi connectivity index (χ2n) is 7.72. The smallest absolute Gasteiger partial charge is 0.350 e. The van der Waals surface area contributed by atoms with Crippen LogP contribution in [-0.2, 0) is 18.9 Å². The summed E-state index contributed by atoms with van der Waals surface area (Å²) < 4.78 is 80.7. The van der Waals surface area contributed by atoms with Gasteiger partial charge in [-0.15, -0.1) is 5.10 Å². The number of carbonyl (C=O) groups excluding carboxylic acids is 1. The molecule has 1 N–H and O–H groups in total. The number of pyridine rings is 1. The molecule has 1 aliphatic carbocycles. The summed E-state index contributed by atoms with van der Waals surface area (Å²) in [5.74, 6) is -0.751. The van der Waals surface area contributed by atoms with Gasteiger partial charge < -0.3 is 5.32 Å².